The second-order valence-electron chi connectivity index (χ2n) is 2.69. The largest absolute Gasteiger partial charge is 0.368 e. The summed E-state index contributed by atoms with van der Waals surface area (Å²) in [5.74, 6) is -0.588. The van der Waals surface area contributed by atoms with Crippen LogP contribution in [0, 0.1) is 0 Å². The summed E-state index contributed by atoms with van der Waals surface area (Å²) < 4.78 is 0. The minimum absolute atomic E-state index is 0.188. The number of rotatable bonds is 3. The van der Waals surface area contributed by atoms with Gasteiger partial charge in [-0.2, -0.15) is 0 Å². The summed E-state index contributed by atoms with van der Waals surface area (Å²) in [6.07, 6.45) is 0. The first-order valence-corrected chi connectivity index (χ1v) is 3.69. The number of nitrogens with one attached hydrogen (secondary N) is 1. The van der Waals surface area contributed by atoms with Crippen LogP contribution in [0.2, 0.25) is 0 Å². The number of hydrogen-bond acceptors (Lipinski definition) is 3. The molecule has 1 atom stereocenters. The Hall–Kier alpha value is -1.30. The van der Waals surface area contributed by atoms with Crippen molar-refractivity contribution in [3.63, 3.8) is 0 Å². The molecule has 0 saturated carbocycles. The van der Waals surface area contributed by atoms with Gasteiger partial charge in [0, 0.05) is 19.6 Å². The Balaban J connectivity index is 2.40. The average Bonchev–Trinajstić information content (AvgIpc) is 2.36. The molecule has 0 aromatic rings. The number of carbonyl (C=O) groups excluding carboxylic acids is 2. The molecule has 0 radical (unpaired) electrons. The molecule has 0 aromatic heterocycles. The van der Waals surface area contributed by atoms with Gasteiger partial charge in [0.1, 0.15) is 6.04 Å². The molecular formula is C6H12N4O2. The zero-order valence-electron chi connectivity index (χ0n) is 6.62. The van der Waals surface area contributed by atoms with Crippen LogP contribution < -0.4 is 16.8 Å². The molecule has 0 aromatic carbocycles. The Bertz CT molecular complexity index is 206. The Morgan fingerprint density at radius 1 is 1.75 bits per heavy atom. The van der Waals surface area contributed by atoms with Gasteiger partial charge < -0.3 is 21.7 Å². The van der Waals surface area contributed by atoms with Gasteiger partial charge in [0.15, 0.2) is 0 Å². The molecule has 3 amide bonds. The van der Waals surface area contributed by atoms with Gasteiger partial charge in [0.05, 0.1) is 0 Å². The lowest BCUT2D eigenvalue weighted by atomic mass is 10.3. The van der Waals surface area contributed by atoms with E-state index in [-0.39, 0.29) is 12.6 Å². The van der Waals surface area contributed by atoms with E-state index in [1.54, 1.807) is 0 Å². The second kappa shape index (κ2) is 3.40. The third-order valence-corrected chi connectivity index (χ3v) is 1.73. The van der Waals surface area contributed by atoms with Gasteiger partial charge in [0.25, 0.3) is 0 Å². The van der Waals surface area contributed by atoms with Crippen LogP contribution in [0.4, 0.5) is 4.79 Å². The van der Waals surface area contributed by atoms with Crippen molar-refractivity contribution in [2.24, 2.45) is 11.5 Å². The fourth-order valence-electron chi connectivity index (χ4n) is 1.01. The van der Waals surface area contributed by atoms with Crippen LogP contribution >= 0.6 is 0 Å². The van der Waals surface area contributed by atoms with Crippen LogP contribution in [0.3, 0.4) is 0 Å². The zero-order chi connectivity index (χ0) is 9.14. The van der Waals surface area contributed by atoms with E-state index in [1.807, 2.05) is 0 Å². The van der Waals surface area contributed by atoms with Gasteiger partial charge in [-0.3, -0.25) is 4.79 Å². The van der Waals surface area contributed by atoms with E-state index in [2.05, 4.69) is 5.32 Å². The van der Waals surface area contributed by atoms with Crippen LogP contribution in [0.1, 0.15) is 0 Å². The minimum atomic E-state index is -0.770. The van der Waals surface area contributed by atoms with Gasteiger partial charge in [0.2, 0.25) is 5.91 Å². The maximum Gasteiger partial charge on any atom is 0.317 e. The van der Waals surface area contributed by atoms with Gasteiger partial charge >= 0.3 is 6.03 Å². The Kier molecular flexibility index (Phi) is 2.49. The van der Waals surface area contributed by atoms with E-state index in [0.717, 1.165) is 0 Å². The third kappa shape index (κ3) is 1.85. The summed E-state index contributed by atoms with van der Waals surface area (Å²) in [4.78, 5) is 22.9. The molecule has 1 rings (SSSR count). The minimum Gasteiger partial charge on any atom is -0.368 e. The number of primary amides is 1. The summed E-state index contributed by atoms with van der Waals surface area (Å²) in [5, 5.41) is 2.59. The Labute approximate surface area is 69.9 Å². The molecule has 12 heavy (non-hydrogen) atoms. The summed E-state index contributed by atoms with van der Waals surface area (Å²) >= 11 is 0. The highest BCUT2D eigenvalue weighted by atomic mass is 16.2. The summed E-state index contributed by atoms with van der Waals surface area (Å²) in [5.41, 5.74) is 10.3. The molecule has 1 heterocycles. The highest BCUT2D eigenvalue weighted by molar-refractivity contribution is 5.81. The number of hydrogen-bond donors (Lipinski definition) is 3. The van der Waals surface area contributed by atoms with E-state index < -0.39 is 11.9 Å². The molecule has 1 aliphatic rings. The van der Waals surface area contributed by atoms with Crippen molar-refractivity contribution in [2.75, 3.05) is 19.6 Å². The lowest BCUT2D eigenvalue weighted by Gasteiger charge is -2.16. The van der Waals surface area contributed by atoms with Crippen LogP contribution in [0.15, 0.2) is 0 Å². The molecule has 1 saturated heterocycles. The number of urea groups is 1. The SMILES string of the molecule is NC(=O)[C@@H](N)CN1CCNC1=O. The Morgan fingerprint density at radius 2 is 2.42 bits per heavy atom. The molecule has 68 valence electrons. The first-order chi connectivity index (χ1) is 5.61. The first kappa shape index (κ1) is 8.79. The van der Waals surface area contributed by atoms with Crippen molar-refractivity contribution in [3.05, 3.63) is 0 Å². The monoisotopic (exact) mass is 172 g/mol. The van der Waals surface area contributed by atoms with Crippen molar-refractivity contribution in [2.45, 2.75) is 6.04 Å². The molecule has 5 N–H and O–H groups in total. The lowest BCUT2D eigenvalue weighted by molar-refractivity contribution is -0.119. The third-order valence-electron chi connectivity index (χ3n) is 1.73. The maximum atomic E-state index is 10.9. The van der Waals surface area contributed by atoms with Gasteiger partial charge in [-0.1, -0.05) is 0 Å². The number of carbonyl (C=O) groups is 2. The predicted molar refractivity (Wildman–Crippen MR) is 42.1 cm³/mol. The maximum absolute atomic E-state index is 10.9. The van der Waals surface area contributed by atoms with Gasteiger partial charge in [-0.05, 0) is 0 Å². The molecule has 0 spiro atoms. The molecule has 0 unspecified atom stereocenters. The molecule has 1 fully saturated rings. The zero-order valence-corrected chi connectivity index (χ0v) is 6.62. The summed E-state index contributed by atoms with van der Waals surface area (Å²) in [6, 6.07) is -0.958. The smallest absolute Gasteiger partial charge is 0.317 e. The van der Waals surface area contributed by atoms with Crippen molar-refractivity contribution in [1.29, 1.82) is 0 Å². The van der Waals surface area contributed by atoms with E-state index in [1.165, 1.54) is 4.90 Å². The first-order valence-electron chi connectivity index (χ1n) is 3.69. The molecule has 0 bridgehead atoms. The predicted octanol–water partition coefficient (Wildman–Crippen LogP) is -2.18. The highest BCUT2D eigenvalue weighted by Gasteiger charge is 2.23. The van der Waals surface area contributed by atoms with Crippen molar-refractivity contribution in [1.82, 2.24) is 10.2 Å². The van der Waals surface area contributed by atoms with Crippen LogP contribution in [-0.4, -0.2) is 42.5 Å². The molecule has 1 aliphatic heterocycles. The lowest BCUT2D eigenvalue weighted by Crippen LogP contribution is -2.46. The fourth-order valence-corrected chi connectivity index (χ4v) is 1.01. The summed E-state index contributed by atoms with van der Waals surface area (Å²) in [7, 11) is 0. The topological polar surface area (TPSA) is 101 Å². The van der Waals surface area contributed by atoms with Crippen LogP contribution in [0.5, 0.6) is 0 Å². The molecular weight excluding hydrogens is 160 g/mol. The molecule has 6 nitrogen and oxygen atoms in total. The van der Waals surface area contributed by atoms with E-state index in [9.17, 15) is 9.59 Å². The second-order valence-corrected chi connectivity index (χ2v) is 2.69. The molecule has 6 heteroatoms. The highest BCUT2D eigenvalue weighted by Crippen LogP contribution is 1.96. The van der Waals surface area contributed by atoms with Crippen molar-refractivity contribution >= 4 is 11.9 Å². The van der Waals surface area contributed by atoms with Crippen molar-refractivity contribution in [3.8, 4) is 0 Å². The molecule has 0 aliphatic carbocycles. The fraction of sp³-hybridized carbons (Fsp3) is 0.667. The quantitative estimate of drug-likeness (QED) is 0.451. The van der Waals surface area contributed by atoms with Gasteiger partial charge in [-0.25, -0.2) is 4.79 Å². The standard InChI is InChI=1S/C6H12N4O2/c7-4(5(8)11)3-10-2-1-9-6(10)12/h4H,1-3,7H2,(H2,8,11)(H,9,12)/t4-/m0/s1. The van der Waals surface area contributed by atoms with Crippen LogP contribution in [0.25, 0.3) is 0 Å². The summed E-state index contributed by atoms with van der Waals surface area (Å²) in [6.45, 7) is 1.38. The normalized spacial score (nSPS) is 19.1. The number of nitrogens with zero attached hydrogens (tertiary/aromatic N) is 1. The number of amides is 3. The Morgan fingerprint density at radius 3 is 2.83 bits per heavy atom. The van der Waals surface area contributed by atoms with E-state index in [0.29, 0.717) is 13.1 Å². The van der Waals surface area contributed by atoms with Gasteiger partial charge in [-0.15, -0.1) is 0 Å². The average molecular weight is 172 g/mol. The van der Waals surface area contributed by atoms with Crippen molar-refractivity contribution < 1.29 is 9.59 Å². The van der Waals surface area contributed by atoms with E-state index >= 15 is 0 Å². The van der Waals surface area contributed by atoms with Crippen LogP contribution in [-0.2, 0) is 4.79 Å². The van der Waals surface area contributed by atoms with E-state index in [4.69, 9.17) is 11.5 Å². The number of nitrogens with two attached hydrogens (primary N) is 2.